The molecule has 1 N–H and O–H groups in total. The molecule has 9 heteroatoms. The van der Waals surface area contributed by atoms with E-state index in [2.05, 4.69) is 14.7 Å². The zero-order valence-corrected chi connectivity index (χ0v) is 13.0. The van der Waals surface area contributed by atoms with E-state index in [9.17, 15) is 17.2 Å². The molecule has 24 heavy (non-hydrogen) atoms. The van der Waals surface area contributed by atoms with Gasteiger partial charge in [0.1, 0.15) is 6.04 Å². The number of halogens is 2. The maximum atomic E-state index is 13.3. The number of fused-ring (bicyclic) bond motifs is 1. The summed E-state index contributed by atoms with van der Waals surface area (Å²) in [6.07, 6.45) is 3.61. The van der Waals surface area contributed by atoms with Crippen molar-refractivity contribution in [1.29, 1.82) is 0 Å². The Morgan fingerprint density at radius 2 is 1.92 bits per heavy atom. The van der Waals surface area contributed by atoms with E-state index in [0.717, 1.165) is 9.95 Å². The Labute approximate surface area is 136 Å². The number of benzene rings is 1. The minimum absolute atomic E-state index is 0.269. The van der Waals surface area contributed by atoms with Crippen LogP contribution in [0.25, 0.3) is 10.9 Å². The fraction of sp³-hybridized carbons (Fsp3) is 0.200. The summed E-state index contributed by atoms with van der Waals surface area (Å²) in [6.45, 7) is 0. The number of aromatic nitrogens is 3. The van der Waals surface area contributed by atoms with Crippen LogP contribution in [0.4, 0.5) is 14.5 Å². The number of hydrogen-bond donors (Lipinski definition) is 1. The molecule has 1 aromatic carbocycles. The Balaban J connectivity index is 1.73. The van der Waals surface area contributed by atoms with Gasteiger partial charge in [-0.05, 0) is 12.1 Å². The van der Waals surface area contributed by atoms with E-state index in [-0.39, 0.29) is 12.1 Å². The summed E-state index contributed by atoms with van der Waals surface area (Å²) in [5, 5.41) is 0.326. The molecule has 1 aliphatic rings. The summed E-state index contributed by atoms with van der Waals surface area (Å²) in [6, 6.07) is 7.41. The van der Waals surface area contributed by atoms with Gasteiger partial charge in [-0.2, -0.15) is 8.42 Å². The third kappa shape index (κ3) is 2.41. The summed E-state index contributed by atoms with van der Waals surface area (Å²) in [5.41, 5.74) is 0.739. The summed E-state index contributed by atoms with van der Waals surface area (Å²) < 4.78 is 55.2. The van der Waals surface area contributed by atoms with Crippen molar-refractivity contribution in [2.45, 2.75) is 23.5 Å². The second-order valence-electron chi connectivity index (χ2n) is 5.58. The Morgan fingerprint density at radius 3 is 2.67 bits per heavy atom. The van der Waals surface area contributed by atoms with Gasteiger partial charge < -0.3 is 4.57 Å². The average molecular weight is 350 g/mol. The minimum atomic E-state index is -4.12. The number of nitrogens with zero attached hydrogens (tertiary/aromatic N) is 3. The van der Waals surface area contributed by atoms with Crippen LogP contribution < -0.4 is 4.72 Å². The molecular weight excluding hydrogens is 338 g/mol. The van der Waals surface area contributed by atoms with Crippen molar-refractivity contribution in [1.82, 2.24) is 14.5 Å². The van der Waals surface area contributed by atoms with Gasteiger partial charge in [-0.25, -0.2) is 13.8 Å². The normalized spacial score (nSPS) is 19.3. The average Bonchev–Trinajstić information content (AvgIpc) is 2.97. The van der Waals surface area contributed by atoms with E-state index < -0.39 is 27.1 Å². The van der Waals surface area contributed by atoms with Crippen molar-refractivity contribution in [2.75, 3.05) is 4.72 Å². The largest absolute Gasteiger partial charge is 0.311 e. The van der Waals surface area contributed by atoms with Gasteiger partial charge >= 0.3 is 0 Å². The highest BCUT2D eigenvalue weighted by atomic mass is 32.2. The Morgan fingerprint density at radius 1 is 1.17 bits per heavy atom. The maximum absolute atomic E-state index is 13.3. The number of anilines is 1. The van der Waals surface area contributed by atoms with Gasteiger partial charge in [-0.15, -0.1) is 0 Å². The van der Waals surface area contributed by atoms with Crippen LogP contribution in [0.1, 0.15) is 12.5 Å². The fourth-order valence-corrected chi connectivity index (χ4v) is 3.83. The number of alkyl halides is 2. The molecule has 0 aliphatic heterocycles. The summed E-state index contributed by atoms with van der Waals surface area (Å²) in [4.78, 5) is 7.92. The quantitative estimate of drug-likeness (QED) is 0.785. The second-order valence-corrected chi connectivity index (χ2v) is 7.16. The van der Waals surface area contributed by atoms with Gasteiger partial charge in [0.15, 0.2) is 0 Å². The smallest absolute Gasteiger partial charge is 0.296 e. The molecule has 1 unspecified atom stereocenters. The van der Waals surface area contributed by atoms with Crippen molar-refractivity contribution >= 4 is 26.6 Å². The van der Waals surface area contributed by atoms with Crippen LogP contribution in [0.3, 0.4) is 0 Å². The lowest BCUT2D eigenvalue weighted by Gasteiger charge is -2.11. The van der Waals surface area contributed by atoms with Crippen LogP contribution in [-0.2, 0) is 10.0 Å². The van der Waals surface area contributed by atoms with Crippen LogP contribution in [0.15, 0.2) is 54.1 Å². The van der Waals surface area contributed by atoms with Crippen LogP contribution in [-0.4, -0.2) is 28.9 Å². The van der Waals surface area contributed by atoms with Gasteiger partial charge in [0.05, 0.1) is 11.2 Å². The first-order valence-corrected chi connectivity index (χ1v) is 8.64. The molecule has 0 radical (unpaired) electrons. The summed E-state index contributed by atoms with van der Waals surface area (Å²) >= 11 is 0. The Kier molecular flexibility index (Phi) is 3.11. The van der Waals surface area contributed by atoms with Crippen LogP contribution in [0.2, 0.25) is 0 Å². The molecule has 0 bridgehead atoms. The zero-order chi connectivity index (χ0) is 16.9. The summed E-state index contributed by atoms with van der Waals surface area (Å²) in [5.74, 6) is -2.90. The SMILES string of the molecule is O=S(=O)(Nc1cccc2cccnc12)c1nccn1C1CC1(F)F. The van der Waals surface area contributed by atoms with E-state index >= 15 is 0 Å². The first kappa shape index (κ1) is 15.0. The highest BCUT2D eigenvalue weighted by Crippen LogP contribution is 2.53. The molecule has 2 heterocycles. The van der Waals surface area contributed by atoms with E-state index in [0.29, 0.717) is 5.52 Å². The molecule has 1 atom stereocenters. The van der Waals surface area contributed by atoms with Crippen molar-refractivity contribution in [3.8, 4) is 0 Å². The molecule has 1 saturated carbocycles. The number of hydrogen-bond acceptors (Lipinski definition) is 4. The van der Waals surface area contributed by atoms with E-state index in [4.69, 9.17) is 0 Å². The highest BCUT2D eigenvalue weighted by molar-refractivity contribution is 7.92. The molecule has 1 aliphatic carbocycles. The number of para-hydroxylation sites is 1. The lowest BCUT2D eigenvalue weighted by Crippen LogP contribution is -2.19. The van der Waals surface area contributed by atoms with Crippen LogP contribution >= 0.6 is 0 Å². The third-order valence-corrected chi connectivity index (χ3v) is 5.16. The molecule has 0 saturated heterocycles. The molecule has 3 aromatic rings. The zero-order valence-electron chi connectivity index (χ0n) is 12.2. The first-order chi connectivity index (χ1) is 11.4. The molecule has 0 spiro atoms. The predicted octanol–water partition coefficient (Wildman–Crippen LogP) is 2.81. The maximum Gasteiger partial charge on any atom is 0.296 e. The van der Waals surface area contributed by atoms with Gasteiger partial charge in [-0.1, -0.05) is 18.2 Å². The molecule has 4 rings (SSSR count). The molecule has 124 valence electrons. The molecule has 2 aromatic heterocycles. The Bertz CT molecular complexity index is 1030. The van der Waals surface area contributed by atoms with Crippen LogP contribution in [0, 0.1) is 0 Å². The second kappa shape index (κ2) is 4.97. The highest BCUT2D eigenvalue weighted by Gasteiger charge is 2.59. The number of imidazole rings is 1. The van der Waals surface area contributed by atoms with E-state index in [1.54, 1.807) is 36.5 Å². The number of nitrogens with one attached hydrogen (secondary N) is 1. The summed E-state index contributed by atoms with van der Waals surface area (Å²) in [7, 11) is -4.12. The number of pyridine rings is 1. The molecule has 1 fully saturated rings. The number of sulfonamides is 1. The van der Waals surface area contributed by atoms with Crippen molar-refractivity contribution < 1.29 is 17.2 Å². The lowest BCUT2D eigenvalue weighted by atomic mass is 10.2. The fourth-order valence-electron chi connectivity index (χ4n) is 2.62. The van der Waals surface area contributed by atoms with Crippen molar-refractivity contribution in [3.05, 3.63) is 48.9 Å². The lowest BCUT2D eigenvalue weighted by molar-refractivity contribution is 0.0990. The molecule has 6 nitrogen and oxygen atoms in total. The monoisotopic (exact) mass is 350 g/mol. The first-order valence-electron chi connectivity index (χ1n) is 7.16. The van der Waals surface area contributed by atoms with Gasteiger partial charge in [0, 0.05) is 30.4 Å². The standard InChI is InChI=1S/C15H12F2N4O2S/c16-15(17)9-12(15)21-8-7-19-14(21)24(22,23)20-11-5-1-3-10-4-2-6-18-13(10)11/h1-8,12,20H,9H2. The van der Waals surface area contributed by atoms with E-state index in [1.807, 2.05) is 0 Å². The predicted molar refractivity (Wildman–Crippen MR) is 83.4 cm³/mol. The van der Waals surface area contributed by atoms with Crippen molar-refractivity contribution in [3.63, 3.8) is 0 Å². The van der Waals surface area contributed by atoms with Gasteiger partial charge in [0.2, 0.25) is 5.16 Å². The number of rotatable bonds is 4. The topological polar surface area (TPSA) is 76.9 Å². The van der Waals surface area contributed by atoms with Crippen LogP contribution in [0.5, 0.6) is 0 Å². The third-order valence-electron chi connectivity index (χ3n) is 3.88. The molecule has 0 amide bonds. The van der Waals surface area contributed by atoms with Gasteiger partial charge in [-0.3, -0.25) is 9.71 Å². The van der Waals surface area contributed by atoms with Gasteiger partial charge in [0.25, 0.3) is 15.9 Å². The van der Waals surface area contributed by atoms with E-state index in [1.165, 1.54) is 12.4 Å². The minimum Gasteiger partial charge on any atom is -0.311 e. The Hall–Kier alpha value is -2.55. The van der Waals surface area contributed by atoms with Crippen molar-refractivity contribution in [2.24, 2.45) is 0 Å². The molecular formula is C15H12F2N4O2S.